The molecule has 0 spiro atoms. The van der Waals surface area contributed by atoms with E-state index in [1.54, 1.807) is 12.1 Å². The molecule has 2 aliphatic rings. The molecule has 24 heavy (non-hydrogen) atoms. The highest BCUT2D eigenvalue weighted by Crippen LogP contribution is 2.32. The van der Waals surface area contributed by atoms with Crippen molar-refractivity contribution in [1.29, 1.82) is 0 Å². The second kappa shape index (κ2) is 7.06. The number of thiocarbonyl (C=S) groups is 1. The maximum Gasteiger partial charge on any atom is 0.269 e. The van der Waals surface area contributed by atoms with Crippen molar-refractivity contribution in [2.24, 2.45) is 5.92 Å². The summed E-state index contributed by atoms with van der Waals surface area (Å²) in [6.45, 7) is 1.97. The summed E-state index contributed by atoms with van der Waals surface area (Å²) in [6, 6.07) is 6.59. The van der Waals surface area contributed by atoms with Crippen LogP contribution in [0.5, 0.6) is 0 Å². The van der Waals surface area contributed by atoms with Gasteiger partial charge in [0.05, 0.1) is 11.0 Å². The number of amides is 1. The number of rotatable bonds is 4. The molecule has 1 aromatic carbocycles. The normalized spacial score (nSPS) is 20.8. The molecule has 1 aromatic rings. The first-order valence-electron chi connectivity index (χ1n) is 7.97. The highest BCUT2D eigenvalue weighted by Gasteiger charge is 2.37. The predicted molar refractivity (Wildman–Crippen MR) is 98.2 cm³/mol. The number of nitro groups is 1. The van der Waals surface area contributed by atoms with Gasteiger partial charge in [0.25, 0.3) is 5.69 Å². The van der Waals surface area contributed by atoms with Crippen LogP contribution in [0.4, 0.5) is 5.69 Å². The number of piperazine rings is 1. The van der Waals surface area contributed by atoms with Crippen molar-refractivity contribution in [3.63, 3.8) is 0 Å². The molecule has 1 aliphatic carbocycles. The fraction of sp³-hybridized carbons (Fsp3) is 0.500. The van der Waals surface area contributed by atoms with Gasteiger partial charge in [-0.3, -0.25) is 14.9 Å². The monoisotopic (exact) mass is 365 g/mol. The minimum absolute atomic E-state index is 0.0490. The van der Waals surface area contributed by atoms with Crippen LogP contribution >= 0.6 is 24.8 Å². The predicted octanol–water partition coefficient (Wildman–Crippen LogP) is 2.27. The highest BCUT2D eigenvalue weighted by molar-refractivity contribution is 8.10. The quantitative estimate of drug-likeness (QED) is 0.384. The number of hydrogen-bond donors (Lipinski definition) is 1. The second-order valence-electron chi connectivity index (χ2n) is 6.32. The molecule has 3 rings (SSSR count). The number of hydrogen-bond acceptors (Lipinski definition) is 4. The Morgan fingerprint density at radius 2 is 1.96 bits per heavy atom. The first kappa shape index (κ1) is 17.2. The fourth-order valence-electron chi connectivity index (χ4n) is 3.10. The van der Waals surface area contributed by atoms with E-state index in [0.29, 0.717) is 30.4 Å². The number of thiol groups is 1. The molecular formula is C16H19N3O3S2. The molecule has 1 aliphatic heterocycles. The molecule has 1 heterocycles. The maximum atomic E-state index is 12.3. The molecule has 0 radical (unpaired) electrons. The Morgan fingerprint density at radius 3 is 2.50 bits per heavy atom. The first-order valence-corrected chi connectivity index (χ1v) is 8.83. The Bertz CT molecular complexity index is 661. The van der Waals surface area contributed by atoms with Crippen LogP contribution in [0, 0.1) is 16.0 Å². The Morgan fingerprint density at radius 1 is 1.29 bits per heavy atom. The molecule has 1 saturated carbocycles. The van der Waals surface area contributed by atoms with Gasteiger partial charge in [0, 0.05) is 37.7 Å². The number of carbonyl (C=O) groups is 1. The van der Waals surface area contributed by atoms with E-state index in [0.717, 1.165) is 18.4 Å². The van der Waals surface area contributed by atoms with Crippen molar-refractivity contribution >= 4 is 40.8 Å². The molecule has 2 fully saturated rings. The molecule has 8 heteroatoms. The van der Waals surface area contributed by atoms with E-state index < -0.39 is 4.92 Å². The summed E-state index contributed by atoms with van der Waals surface area (Å²) in [5, 5.41) is 10.8. The summed E-state index contributed by atoms with van der Waals surface area (Å²) >= 11 is 9.54. The van der Waals surface area contributed by atoms with Crippen LogP contribution in [-0.4, -0.2) is 50.6 Å². The minimum atomic E-state index is -0.407. The molecular weight excluding hydrogens is 346 g/mol. The highest BCUT2D eigenvalue weighted by atomic mass is 32.1. The minimum Gasteiger partial charge on any atom is -0.351 e. The third-order valence-corrected chi connectivity index (χ3v) is 5.08. The number of non-ortho nitro benzene ring substituents is 1. The van der Waals surface area contributed by atoms with E-state index in [9.17, 15) is 14.9 Å². The standard InChI is InChI=1S/C16H19N3O3S2/c20-15(12-3-4-12)17-7-8-18(16(23)24)14(10-17)9-11-1-5-13(6-2-11)19(21)22/h1-2,5-6,12,14H,3-4,7-10H2,(H,23,24). The van der Waals surface area contributed by atoms with Gasteiger partial charge in [-0.05, 0) is 24.8 Å². The average Bonchev–Trinajstić information content (AvgIpc) is 3.39. The zero-order chi connectivity index (χ0) is 17.3. The Kier molecular flexibility index (Phi) is 5.05. The summed E-state index contributed by atoms with van der Waals surface area (Å²) < 4.78 is 0.528. The molecule has 0 bridgehead atoms. The SMILES string of the molecule is O=C(C1CC1)N1CCN(C(=S)S)C(Cc2ccc([N+](=O)[O-])cc2)C1. The van der Waals surface area contributed by atoms with Crippen molar-refractivity contribution in [1.82, 2.24) is 9.80 Å². The molecule has 6 nitrogen and oxygen atoms in total. The second-order valence-corrected chi connectivity index (χ2v) is 7.43. The van der Waals surface area contributed by atoms with Crippen LogP contribution in [0.1, 0.15) is 18.4 Å². The average molecular weight is 365 g/mol. The van der Waals surface area contributed by atoms with Gasteiger partial charge in [0.15, 0.2) is 0 Å². The van der Waals surface area contributed by atoms with E-state index in [4.69, 9.17) is 12.2 Å². The molecule has 1 saturated heterocycles. The lowest BCUT2D eigenvalue weighted by atomic mass is 10.0. The smallest absolute Gasteiger partial charge is 0.269 e. The topological polar surface area (TPSA) is 66.7 Å². The molecule has 1 amide bonds. The van der Waals surface area contributed by atoms with Crippen molar-refractivity contribution < 1.29 is 9.72 Å². The summed E-state index contributed by atoms with van der Waals surface area (Å²) in [6.07, 6.45) is 2.67. The molecule has 128 valence electrons. The number of nitrogens with zero attached hydrogens (tertiary/aromatic N) is 3. The van der Waals surface area contributed by atoms with Crippen LogP contribution in [-0.2, 0) is 11.2 Å². The van der Waals surface area contributed by atoms with E-state index in [1.807, 2.05) is 9.80 Å². The van der Waals surface area contributed by atoms with Crippen molar-refractivity contribution in [2.75, 3.05) is 19.6 Å². The van der Waals surface area contributed by atoms with Gasteiger partial charge in [-0.2, -0.15) is 0 Å². The van der Waals surface area contributed by atoms with Gasteiger partial charge < -0.3 is 9.80 Å². The number of carbonyl (C=O) groups excluding carboxylic acids is 1. The van der Waals surface area contributed by atoms with Crippen molar-refractivity contribution in [3.8, 4) is 0 Å². The van der Waals surface area contributed by atoms with Gasteiger partial charge in [0.2, 0.25) is 5.91 Å². The summed E-state index contributed by atoms with van der Waals surface area (Å²) in [5.41, 5.74) is 1.07. The summed E-state index contributed by atoms with van der Waals surface area (Å²) in [7, 11) is 0. The Hall–Kier alpha value is -1.67. The largest absolute Gasteiger partial charge is 0.351 e. The first-order chi connectivity index (χ1) is 11.5. The Balaban J connectivity index is 1.71. The number of nitro benzene ring substituents is 1. The fourth-order valence-corrected chi connectivity index (χ4v) is 3.60. The number of benzene rings is 1. The lowest BCUT2D eigenvalue weighted by Gasteiger charge is -2.42. The van der Waals surface area contributed by atoms with Crippen molar-refractivity contribution in [3.05, 3.63) is 39.9 Å². The van der Waals surface area contributed by atoms with Gasteiger partial charge >= 0.3 is 0 Å². The van der Waals surface area contributed by atoms with Crippen molar-refractivity contribution in [2.45, 2.75) is 25.3 Å². The van der Waals surface area contributed by atoms with Crippen LogP contribution < -0.4 is 0 Å². The third kappa shape index (κ3) is 3.87. The van der Waals surface area contributed by atoms with Gasteiger partial charge in [-0.25, -0.2) is 0 Å². The van der Waals surface area contributed by atoms with E-state index in [1.165, 1.54) is 12.1 Å². The van der Waals surface area contributed by atoms with Crippen LogP contribution in [0.25, 0.3) is 0 Å². The van der Waals surface area contributed by atoms with Gasteiger partial charge in [-0.1, -0.05) is 24.4 Å². The summed E-state index contributed by atoms with van der Waals surface area (Å²) in [4.78, 5) is 26.7. The molecule has 1 atom stereocenters. The van der Waals surface area contributed by atoms with Gasteiger partial charge in [0.1, 0.15) is 4.32 Å². The maximum absolute atomic E-state index is 12.3. The van der Waals surface area contributed by atoms with E-state index in [-0.39, 0.29) is 23.6 Å². The summed E-state index contributed by atoms with van der Waals surface area (Å²) in [5.74, 6) is 0.452. The Labute approximate surface area is 151 Å². The zero-order valence-electron chi connectivity index (χ0n) is 13.1. The molecule has 0 N–H and O–H groups in total. The van der Waals surface area contributed by atoms with Crippen LogP contribution in [0.2, 0.25) is 0 Å². The third-order valence-electron chi connectivity index (χ3n) is 4.59. The van der Waals surface area contributed by atoms with Crippen LogP contribution in [0.3, 0.4) is 0 Å². The van der Waals surface area contributed by atoms with Crippen LogP contribution in [0.15, 0.2) is 24.3 Å². The van der Waals surface area contributed by atoms with Gasteiger partial charge in [-0.15, -0.1) is 12.6 Å². The lowest BCUT2D eigenvalue weighted by molar-refractivity contribution is -0.384. The lowest BCUT2D eigenvalue weighted by Crippen LogP contribution is -2.56. The zero-order valence-corrected chi connectivity index (χ0v) is 14.8. The molecule has 1 unspecified atom stereocenters. The van der Waals surface area contributed by atoms with E-state index >= 15 is 0 Å². The van der Waals surface area contributed by atoms with E-state index in [2.05, 4.69) is 12.6 Å². The molecule has 0 aromatic heterocycles.